The highest BCUT2D eigenvalue weighted by Crippen LogP contribution is 2.11. The first-order chi connectivity index (χ1) is 11.1. The molecule has 0 unspecified atom stereocenters. The van der Waals surface area contributed by atoms with E-state index >= 15 is 0 Å². The Morgan fingerprint density at radius 3 is 2.57 bits per heavy atom. The van der Waals surface area contributed by atoms with Crippen LogP contribution in [0.4, 0.5) is 4.39 Å². The molecule has 0 atom stereocenters. The summed E-state index contributed by atoms with van der Waals surface area (Å²) in [6.07, 6.45) is 1.96. The molecule has 0 aliphatic heterocycles. The number of carbonyl (C=O) groups excluding carboxylic acids is 1. The number of carbonyl (C=O) groups is 1. The van der Waals surface area contributed by atoms with E-state index < -0.39 is 5.91 Å². The zero-order valence-electron chi connectivity index (χ0n) is 12.1. The number of halogens is 1. The number of pyridine rings is 1. The monoisotopic (exact) mass is 312 g/mol. The number of nitrogens with zero attached hydrogens (tertiary/aromatic N) is 3. The van der Waals surface area contributed by atoms with Crippen molar-refractivity contribution >= 4 is 5.91 Å². The minimum absolute atomic E-state index is 0.365. The lowest BCUT2D eigenvalue weighted by Crippen LogP contribution is -2.10. The SMILES string of the molecule is NC(=O)c1ccc(Cc2nc(Cc3ccc(F)cn3)no2)cc1. The van der Waals surface area contributed by atoms with Gasteiger partial charge in [-0.1, -0.05) is 17.3 Å². The smallest absolute Gasteiger partial charge is 0.248 e. The number of aromatic nitrogens is 3. The Morgan fingerprint density at radius 1 is 1.13 bits per heavy atom. The average Bonchev–Trinajstić information content (AvgIpc) is 2.97. The molecule has 6 nitrogen and oxygen atoms in total. The van der Waals surface area contributed by atoms with Gasteiger partial charge in [-0.3, -0.25) is 9.78 Å². The third-order valence-electron chi connectivity index (χ3n) is 3.23. The largest absolute Gasteiger partial charge is 0.366 e. The van der Waals surface area contributed by atoms with Crippen molar-refractivity contribution in [2.45, 2.75) is 12.8 Å². The summed E-state index contributed by atoms with van der Waals surface area (Å²) in [5.74, 6) is 0.0761. The first-order valence-corrected chi connectivity index (χ1v) is 6.91. The maximum absolute atomic E-state index is 12.8. The van der Waals surface area contributed by atoms with Gasteiger partial charge in [0.15, 0.2) is 5.82 Å². The van der Waals surface area contributed by atoms with Crippen LogP contribution in [0.2, 0.25) is 0 Å². The summed E-state index contributed by atoms with van der Waals surface area (Å²) in [6, 6.07) is 9.78. The Kier molecular flexibility index (Phi) is 4.09. The number of amides is 1. The lowest BCUT2D eigenvalue weighted by Gasteiger charge is -1.98. The Labute approximate surface area is 131 Å². The molecule has 3 rings (SSSR count). The standard InChI is InChI=1S/C16H13FN4O2/c17-12-5-6-13(19-9-12)8-14-20-15(23-21-14)7-10-1-3-11(4-2-10)16(18)22/h1-6,9H,7-8H2,(H2,18,22). The summed E-state index contributed by atoms with van der Waals surface area (Å²) in [4.78, 5) is 19.3. The van der Waals surface area contributed by atoms with Crippen molar-refractivity contribution in [3.05, 3.63) is 76.9 Å². The Hall–Kier alpha value is -3.09. The second-order valence-electron chi connectivity index (χ2n) is 4.99. The second-order valence-corrected chi connectivity index (χ2v) is 4.99. The van der Waals surface area contributed by atoms with Crippen LogP contribution in [0.5, 0.6) is 0 Å². The maximum atomic E-state index is 12.8. The summed E-state index contributed by atoms with van der Waals surface area (Å²) < 4.78 is 18.0. The van der Waals surface area contributed by atoms with Gasteiger partial charge in [0.2, 0.25) is 11.8 Å². The fraction of sp³-hybridized carbons (Fsp3) is 0.125. The lowest BCUT2D eigenvalue weighted by atomic mass is 10.1. The predicted molar refractivity (Wildman–Crippen MR) is 79.1 cm³/mol. The molecule has 23 heavy (non-hydrogen) atoms. The van der Waals surface area contributed by atoms with Crippen molar-refractivity contribution < 1.29 is 13.7 Å². The average molecular weight is 312 g/mol. The molecule has 0 spiro atoms. The molecule has 2 N–H and O–H groups in total. The quantitative estimate of drug-likeness (QED) is 0.776. The molecule has 2 heterocycles. The van der Waals surface area contributed by atoms with E-state index in [4.69, 9.17) is 10.3 Å². The van der Waals surface area contributed by atoms with Gasteiger partial charge in [-0.15, -0.1) is 0 Å². The molecule has 0 bridgehead atoms. The first-order valence-electron chi connectivity index (χ1n) is 6.91. The number of benzene rings is 1. The van der Waals surface area contributed by atoms with Gasteiger partial charge in [-0.05, 0) is 29.8 Å². The minimum atomic E-state index is -0.469. The van der Waals surface area contributed by atoms with E-state index in [1.807, 2.05) is 0 Å². The fourth-order valence-electron chi connectivity index (χ4n) is 2.07. The molecule has 1 aromatic carbocycles. The molecule has 0 fully saturated rings. The van der Waals surface area contributed by atoms with E-state index in [0.717, 1.165) is 11.8 Å². The summed E-state index contributed by atoms with van der Waals surface area (Å²) in [7, 11) is 0. The molecule has 116 valence electrons. The molecular weight excluding hydrogens is 299 g/mol. The molecular formula is C16H13FN4O2. The molecule has 0 saturated heterocycles. The van der Waals surface area contributed by atoms with Crippen molar-refractivity contribution in [3.8, 4) is 0 Å². The topological polar surface area (TPSA) is 94.9 Å². The van der Waals surface area contributed by atoms with Gasteiger partial charge in [0, 0.05) is 11.3 Å². The zero-order valence-corrected chi connectivity index (χ0v) is 12.1. The highest BCUT2D eigenvalue weighted by atomic mass is 19.1. The second kappa shape index (κ2) is 6.35. The van der Waals surface area contributed by atoms with Crippen molar-refractivity contribution in [3.63, 3.8) is 0 Å². The van der Waals surface area contributed by atoms with Crippen molar-refractivity contribution in [2.24, 2.45) is 5.73 Å². The Bertz CT molecular complexity index is 813. The number of rotatable bonds is 5. The lowest BCUT2D eigenvalue weighted by molar-refractivity contribution is 0.100. The molecule has 7 heteroatoms. The van der Waals surface area contributed by atoms with Crippen LogP contribution < -0.4 is 5.73 Å². The summed E-state index contributed by atoms with van der Waals surface area (Å²) in [5.41, 5.74) is 7.22. The van der Waals surface area contributed by atoms with E-state index in [-0.39, 0.29) is 5.82 Å². The van der Waals surface area contributed by atoms with Crippen molar-refractivity contribution in [2.75, 3.05) is 0 Å². The van der Waals surface area contributed by atoms with Crippen LogP contribution in [0.3, 0.4) is 0 Å². The molecule has 1 amide bonds. The molecule has 0 aliphatic rings. The van der Waals surface area contributed by atoms with Gasteiger partial charge < -0.3 is 10.3 Å². The number of nitrogens with two attached hydrogens (primary N) is 1. The van der Waals surface area contributed by atoms with Gasteiger partial charge in [-0.25, -0.2) is 4.39 Å². The number of primary amides is 1. The molecule has 2 aromatic heterocycles. The molecule has 0 radical (unpaired) electrons. The van der Waals surface area contributed by atoms with Crippen LogP contribution in [-0.2, 0) is 12.8 Å². The minimum Gasteiger partial charge on any atom is -0.366 e. The molecule has 0 saturated carbocycles. The zero-order chi connectivity index (χ0) is 16.2. The number of hydrogen-bond donors (Lipinski definition) is 1. The third-order valence-corrected chi connectivity index (χ3v) is 3.23. The van der Waals surface area contributed by atoms with Crippen molar-refractivity contribution in [1.29, 1.82) is 0 Å². The van der Waals surface area contributed by atoms with Gasteiger partial charge in [0.1, 0.15) is 5.82 Å². The normalized spacial score (nSPS) is 10.7. The summed E-state index contributed by atoms with van der Waals surface area (Å²) >= 11 is 0. The fourth-order valence-corrected chi connectivity index (χ4v) is 2.07. The van der Waals surface area contributed by atoms with Crippen LogP contribution in [-0.4, -0.2) is 21.0 Å². The molecule has 3 aromatic rings. The Balaban J connectivity index is 1.67. The van der Waals surface area contributed by atoms with Gasteiger partial charge in [-0.2, -0.15) is 4.98 Å². The predicted octanol–water partition coefficient (Wildman–Crippen LogP) is 1.88. The van der Waals surface area contributed by atoms with Crippen LogP contribution in [0.25, 0.3) is 0 Å². The van der Waals surface area contributed by atoms with Crippen molar-refractivity contribution in [1.82, 2.24) is 15.1 Å². The van der Waals surface area contributed by atoms with E-state index in [0.29, 0.717) is 35.8 Å². The van der Waals surface area contributed by atoms with Crippen LogP contribution in [0.15, 0.2) is 47.1 Å². The van der Waals surface area contributed by atoms with Crippen LogP contribution in [0, 0.1) is 5.82 Å². The van der Waals surface area contributed by atoms with Crippen LogP contribution >= 0.6 is 0 Å². The van der Waals surface area contributed by atoms with Crippen LogP contribution in [0.1, 0.15) is 33.3 Å². The summed E-state index contributed by atoms with van der Waals surface area (Å²) in [6.45, 7) is 0. The van der Waals surface area contributed by atoms with E-state index in [1.165, 1.54) is 6.07 Å². The Morgan fingerprint density at radius 2 is 1.91 bits per heavy atom. The highest BCUT2D eigenvalue weighted by Gasteiger charge is 2.09. The third kappa shape index (κ3) is 3.76. The first kappa shape index (κ1) is 14.8. The van der Waals surface area contributed by atoms with E-state index in [9.17, 15) is 9.18 Å². The molecule has 0 aliphatic carbocycles. The van der Waals surface area contributed by atoms with E-state index in [1.54, 1.807) is 30.3 Å². The highest BCUT2D eigenvalue weighted by molar-refractivity contribution is 5.92. The van der Waals surface area contributed by atoms with Gasteiger partial charge in [0.05, 0.1) is 19.0 Å². The summed E-state index contributed by atoms with van der Waals surface area (Å²) in [5, 5.41) is 3.88. The van der Waals surface area contributed by atoms with E-state index in [2.05, 4.69) is 15.1 Å². The maximum Gasteiger partial charge on any atom is 0.248 e. The van der Waals surface area contributed by atoms with Gasteiger partial charge >= 0.3 is 0 Å². The van der Waals surface area contributed by atoms with Gasteiger partial charge in [0.25, 0.3) is 0 Å². The number of hydrogen-bond acceptors (Lipinski definition) is 5.